The molecule has 98 valence electrons. The summed E-state index contributed by atoms with van der Waals surface area (Å²) >= 11 is 0. The molecule has 1 heterocycles. The molecule has 1 aliphatic heterocycles. The second-order valence-corrected chi connectivity index (χ2v) is 5.27. The van der Waals surface area contributed by atoms with Crippen LogP contribution in [0.25, 0.3) is 0 Å². The van der Waals surface area contributed by atoms with Crippen molar-refractivity contribution in [3.8, 4) is 0 Å². The van der Waals surface area contributed by atoms with Gasteiger partial charge in [-0.2, -0.15) is 0 Å². The van der Waals surface area contributed by atoms with Crippen LogP contribution in [0.4, 0.5) is 0 Å². The zero-order valence-electron chi connectivity index (χ0n) is 11.3. The fourth-order valence-electron chi connectivity index (χ4n) is 2.44. The van der Waals surface area contributed by atoms with E-state index in [2.05, 4.69) is 5.32 Å². The van der Waals surface area contributed by atoms with Crippen molar-refractivity contribution in [1.29, 1.82) is 0 Å². The number of hydrogen-bond acceptors (Lipinski definition) is 3. The molecule has 0 saturated carbocycles. The molecular formula is C13H24N2O2. The fraction of sp³-hybridized carbons (Fsp3) is 0.846. The predicted octanol–water partition coefficient (Wildman–Crippen LogP) is 1.41. The Morgan fingerprint density at radius 2 is 2.06 bits per heavy atom. The van der Waals surface area contributed by atoms with Crippen molar-refractivity contribution >= 4 is 11.7 Å². The van der Waals surface area contributed by atoms with E-state index in [1.165, 1.54) is 6.92 Å². The minimum atomic E-state index is -0.455. The maximum absolute atomic E-state index is 12.4. The predicted molar refractivity (Wildman–Crippen MR) is 67.4 cm³/mol. The molecule has 0 aromatic rings. The first-order valence-corrected chi connectivity index (χ1v) is 6.45. The summed E-state index contributed by atoms with van der Waals surface area (Å²) in [7, 11) is 1.86. The number of nitrogens with one attached hydrogen (secondary N) is 1. The van der Waals surface area contributed by atoms with E-state index in [1.54, 1.807) is 0 Å². The highest BCUT2D eigenvalue weighted by Crippen LogP contribution is 2.22. The van der Waals surface area contributed by atoms with Crippen molar-refractivity contribution in [3.63, 3.8) is 0 Å². The number of carbonyl (C=O) groups is 2. The van der Waals surface area contributed by atoms with E-state index in [4.69, 9.17) is 0 Å². The molecule has 1 unspecified atom stereocenters. The number of nitrogens with zero attached hydrogens (tertiary/aromatic N) is 1. The highest BCUT2D eigenvalue weighted by atomic mass is 16.2. The third kappa shape index (κ3) is 3.53. The molecule has 1 saturated heterocycles. The summed E-state index contributed by atoms with van der Waals surface area (Å²) in [4.78, 5) is 25.8. The van der Waals surface area contributed by atoms with Crippen LogP contribution < -0.4 is 5.32 Å². The maximum Gasteiger partial charge on any atom is 0.234 e. The van der Waals surface area contributed by atoms with Gasteiger partial charge < -0.3 is 10.2 Å². The van der Waals surface area contributed by atoms with Gasteiger partial charge in [0.15, 0.2) is 0 Å². The first-order chi connectivity index (χ1) is 7.97. The van der Waals surface area contributed by atoms with Gasteiger partial charge in [0, 0.05) is 6.54 Å². The van der Waals surface area contributed by atoms with Crippen LogP contribution in [0, 0.1) is 11.8 Å². The molecule has 1 fully saturated rings. The molecule has 0 bridgehead atoms. The summed E-state index contributed by atoms with van der Waals surface area (Å²) < 4.78 is 0. The van der Waals surface area contributed by atoms with Gasteiger partial charge in [0.05, 0.1) is 12.1 Å². The standard InChI is InChI=1S/C13H24N2O2/c1-9(2)8-11(10(3)16)13(17)15-7-5-6-12(15)14-4/h9,11-12,14H,5-8H2,1-4H3/t11-,12?/m1/s1. The topological polar surface area (TPSA) is 49.4 Å². The van der Waals surface area contributed by atoms with Crippen molar-refractivity contribution < 1.29 is 9.59 Å². The molecule has 1 amide bonds. The van der Waals surface area contributed by atoms with Crippen LogP contribution in [-0.4, -0.2) is 36.3 Å². The van der Waals surface area contributed by atoms with E-state index in [-0.39, 0.29) is 17.9 Å². The molecule has 1 N–H and O–H groups in total. The van der Waals surface area contributed by atoms with Gasteiger partial charge in [0.2, 0.25) is 5.91 Å². The SMILES string of the molecule is CNC1CCCN1C(=O)[C@H](CC(C)C)C(C)=O. The van der Waals surface area contributed by atoms with Crippen molar-refractivity contribution in [2.24, 2.45) is 11.8 Å². The number of rotatable bonds is 5. The fourth-order valence-corrected chi connectivity index (χ4v) is 2.44. The second-order valence-electron chi connectivity index (χ2n) is 5.27. The largest absolute Gasteiger partial charge is 0.327 e. The molecule has 17 heavy (non-hydrogen) atoms. The van der Waals surface area contributed by atoms with Crippen molar-refractivity contribution in [2.75, 3.05) is 13.6 Å². The van der Waals surface area contributed by atoms with Crippen LogP contribution in [0.3, 0.4) is 0 Å². The summed E-state index contributed by atoms with van der Waals surface area (Å²) in [5.74, 6) is -0.0964. The molecule has 4 nitrogen and oxygen atoms in total. The van der Waals surface area contributed by atoms with Gasteiger partial charge in [-0.15, -0.1) is 0 Å². The van der Waals surface area contributed by atoms with E-state index in [0.29, 0.717) is 12.3 Å². The number of amides is 1. The first-order valence-electron chi connectivity index (χ1n) is 6.45. The number of ketones is 1. The smallest absolute Gasteiger partial charge is 0.234 e. The summed E-state index contributed by atoms with van der Waals surface area (Å²) in [6.07, 6.45) is 2.76. The summed E-state index contributed by atoms with van der Waals surface area (Å²) in [6, 6.07) is 0. The molecule has 0 aliphatic carbocycles. The number of hydrogen-bond donors (Lipinski definition) is 1. The van der Waals surface area contributed by atoms with Crippen molar-refractivity contribution in [2.45, 2.75) is 46.2 Å². The van der Waals surface area contributed by atoms with Crippen LogP contribution in [0.1, 0.15) is 40.0 Å². The Bertz CT molecular complexity index is 289. The van der Waals surface area contributed by atoms with Crippen LogP contribution in [0.5, 0.6) is 0 Å². The first kappa shape index (κ1) is 14.2. The molecule has 0 aromatic carbocycles. The third-order valence-electron chi connectivity index (χ3n) is 3.37. The van der Waals surface area contributed by atoms with E-state index >= 15 is 0 Å². The molecule has 1 aliphatic rings. The highest BCUT2D eigenvalue weighted by Gasteiger charge is 2.34. The Balaban J connectivity index is 2.73. The molecular weight excluding hydrogens is 216 g/mol. The van der Waals surface area contributed by atoms with Gasteiger partial charge in [0.25, 0.3) is 0 Å². The number of likely N-dealkylation sites (tertiary alicyclic amines) is 1. The second kappa shape index (κ2) is 6.15. The van der Waals surface area contributed by atoms with E-state index in [9.17, 15) is 9.59 Å². The van der Waals surface area contributed by atoms with Gasteiger partial charge >= 0.3 is 0 Å². The Labute approximate surface area is 104 Å². The normalized spacial score (nSPS) is 21.9. The lowest BCUT2D eigenvalue weighted by atomic mass is 9.92. The summed E-state index contributed by atoms with van der Waals surface area (Å²) in [6.45, 7) is 6.38. The lowest BCUT2D eigenvalue weighted by Crippen LogP contribution is -2.47. The quantitative estimate of drug-likeness (QED) is 0.739. The molecule has 0 spiro atoms. The molecule has 0 radical (unpaired) electrons. The molecule has 2 atom stereocenters. The lowest BCUT2D eigenvalue weighted by molar-refractivity contribution is -0.142. The van der Waals surface area contributed by atoms with E-state index < -0.39 is 5.92 Å². The van der Waals surface area contributed by atoms with Gasteiger partial charge in [-0.05, 0) is 39.2 Å². The maximum atomic E-state index is 12.4. The van der Waals surface area contributed by atoms with Crippen molar-refractivity contribution in [3.05, 3.63) is 0 Å². The Morgan fingerprint density at radius 1 is 1.41 bits per heavy atom. The van der Waals surface area contributed by atoms with Gasteiger partial charge in [-0.3, -0.25) is 9.59 Å². The van der Waals surface area contributed by atoms with Gasteiger partial charge in [-0.1, -0.05) is 13.8 Å². The average molecular weight is 240 g/mol. The zero-order valence-corrected chi connectivity index (χ0v) is 11.3. The monoisotopic (exact) mass is 240 g/mol. The minimum Gasteiger partial charge on any atom is -0.327 e. The zero-order chi connectivity index (χ0) is 13.0. The molecule has 0 aromatic heterocycles. The van der Waals surface area contributed by atoms with E-state index in [0.717, 1.165) is 19.4 Å². The van der Waals surface area contributed by atoms with Crippen LogP contribution in [0.15, 0.2) is 0 Å². The Hall–Kier alpha value is -0.900. The van der Waals surface area contributed by atoms with Crippen LogP contribution in [-0.2, 0) is 9.59 Å². The summed E-state index contributed by atoms with van der Waals surface area (Å²) in [5, 5.41) is 3.14. The van der Waals surface area contributed by atoms with Gasteiger partial charge in [-0.25, -0.2) is 0 Å². The van der Waals surface area contributed by atoms with E-state index in [1.807, 2.05) is 25.8 Å². The number of carbonyl (C=O) groups excluding carboxylic acids is 2. The average Bonchev–Trinajstić information content (AvgIpc) is 2.72. The van der Waals surface area contributed by atoms with Crippen LogP contribution in [0.2, 0.25) is 0 Å². The lowest BCUT2D eigenvalue weighted by Gasteiger charge is -2.28. The summed E-state index contributed by atoms with van der Waals surface area (Å²) in [5.41, 5.74) is 0. The molecule has 1 rings (SSSR count). The Kier molecular flexibility index (Phi) is 5.12. The third-order valence-corrected chi connectivity index (χ3v) is 3.37. The highest BCUT2D eigenvalue weighted by molar-refractivity contribution is 6.00. The Morgan fingerprint density at radius 3 is 2.53 bits per heavy atom. The number of Topliss-reactive ketones (excluding diaryl/α,β-unsaturated/α-hetero) is 1. The molecule has 4 heteroatoms. The van der Waals surface area contributed by atoms with Crippen molar-refractivity contribution in [1.82, 2.24) is 10.2 Å². The van der Waals surface area contributed by atoms with Crippen LogP contribution >= 0.6 is 0 Å². The minimum absolute atomic E-state index is 0.00282. The van der Waals surface area contributed by atoms with Gasteiger partial charge in [0.1, 0.15) is 5.78 Å².